The van der Waals surface area contributed by atoms with Gasteiger partial charge in [-0.3, -0.25) is 4.90 Å². The molecule has 3 aliphatic rings. The molecule has 1 aromatic carbocycles. The molecule has 0 N–H and O–H groups in total. The van der Waals surface area contributed by atoms with Crippen molar-refractivity contribution in [2.45, 2.75) is 44.0 Å². The summed E-state index contributed by atoms with van der Waals surface area (Å²) in [6.07, 6.45) is 3.22. The minimum Gasteiger partial charge on any atom is -0.299 e. The van der Waals surface area contributed by atoms with Gasteiger partial charge < -0.3 is 0 Å². The molecule has 6 heteroatoms. The molecule has 2 bridgehead atoms. The van der Waals surface area contributed by atoms with Crippen LogP contribution in [-0.2, 0) is 10.0 Å². The molecule has 3 fully saturated rings. The topological polar surface area (TPSA) is 40.6 Å². The van der Waals surface area contributed by atoms with Crippen molar-refractivity contribution in [1.82, 2.24) is 9.21 Å². The molecular weight excluding hydrogens is 315 g/mol. The molecule has 0 aliphatic carbocycles. The Labute approximate surface area is 138 Å². The van der Waals surface area contributed by atoms with Gasteiger partial charge in [-0.15, -0.1) is 0 Å². The molecule has 0 unspecified atom stereocenters. The summed E-state index contributed by atoms with van der Waals surface area (Å²) in [6, 6.07) is 4.50. The fourth-order valence-electron chi connectivity index (χ4n) is 3.78. The van der Waals surface area contributed by atoms with E-state index in [0.29, 0.717) is 30.6 Å². The van der Waals surface area contributed by atoms with Gasteiger partial charge in [0.25, 0.3) is 0 Å². The Morgan fingerprint density at radius 2 is 2.00 bits per heavy atom. The highest BCUT2D eigenvalue weighted by Crippen LogP contribution is 2.31. The number of fused-ring (bicyclic) bond motifs is 4. The second-order valence-corrected chi connectivity index (χ2v) is 8.76. The number of hydrogen-bond donors (Lipinski definition) is 0. The molecule has 2 atom stereocenters. The number of aryl methyl sites for hydroxylation is 1. The molecule has 4 nitrogen and oxygen atoms in total. The lowest BCUT2D eigenvalue weighted by molar-refractivity contribution is 0.133. The Hall–Kier alpha value is -0.980. The van der Waals surface area contributed by atoms with Crippen LogP contribution in [0.4, 0.5) is 4.39 Å². The highest BCUT2D eigenvalue weighted by atomic mass is 32.2. The first kappa shape index (κ1) is 16.9. The summed E-state index contributed by atoms with van der Waals surface area (Å²) >= 11 is 0. The van der Waals surface area contributed by atoms with Gasteiger partial charge in [-0.1, -0.05) is 13.0 Å². The van der Waals surface area contributed by atoms with Crippen LogP contribution >= 0.6 is 0 Å². The quantitative estimate of drug-likeness (QED) is 0.846. The van der Waals surface area contributed by atoms with E-state index in [1.807, 2.05) is 0 Å². The van der Waals surface area contributed by atoms with Gasteiger partial charge >= 0.3 is 0 Å². The van der Waals surface area contributed by atoms with Crippen LogP contribution in [0, 0.1) is 18.7 Å². The van der Waals surface area contributed by atoms with E-state index >= 15 is 0 Å². The normalized spacial score (nSPS) is 26.4. The number of nitrogens with zero attached hydrogens (tertiary/aromatic N) is 2. The van der Waals surface area contributed by atoms with Crippen molar-refractivity contribution in [1.29, 1.82) is 0 Å². The van der Waals surface area contributed by atoms with Crippen molar-refractivity contribution >= 4 is 10.0 Å². The Morgan fingerprint density at radius 1 is 1.22 bits per heavy atom. The predicted molar refractivity (Wildman–Crippen MR) is 88.3 cm³/mol. The zero-order chi connectivity index (χ0) is 16.6. The van der Waals surface area contributed by atoms with Crippen LogP contribution in [0.3, 0.4) is 0 Å². The number of hydrogen-bond acceptors (Lipinski definition) is 3. The minimum atomic E-state index is -3.62. The van der Waals surface area contributed by atoms with Gasteiger partial charge in [-0.2, -0.15) is 4.31 Å². The SMILES string of the molecule is CCCN1C[C@@H]2CC[C@H]1CN(S(=O)(=O)c1ccc(C)c(F)c1)C2. The average molecular weight is 340 g/mol. The number of benzene rings is 1. The summed E-state index contributed by atoms with van der Waals surface area (Å²) in [5.41, 5.74) is 0.467. The number of rotatable bonds is 4. The van der Waals surface area contributed by atoms with Gasteiger partial charge in [-0.25, -0.2) is 12.8 Å². The fourth-order valence-corrected chi connectivity index (χ4v) is 5.34. The maximum Gasteiger partial charge on any atom is 0.243 e. The molecule has 3 saturated heterocycles. The van der Waals surface area contributed by atoms with E-state index in [1.165, 1.54) is 12.1 Å². The lowest BCUT2D eigenvalue weighted by Crippen LogP contribution is -2.44. The first-order valence-corrected chi connectivity index (χ1v) is 9.86. The first-order chi connectivity index (χ1) is 10.9. The molecule has 128 valence electrons. The van der Waals surface area contributed by atoms with E-state index in [-0.39, 0.29) is 4.90 Å². The highest BCUT2D eigenvalue weighted by Gasteiger charge is 2.39. The van der Waals surface area contributed by atoms with E-state index in [4.69, 9.17) is 0 Å². The molecule has 0 spiro atoms. The molecule has 4 rings (SSSR count). The van der Waals surface area contributed by atoms with Crippen molar-refractivity contribution in [3.8, 4) is 0 Å². The second-order valence-electron chi connectivity index (χ2n) is 6.83. The largest absolute Gasteiger partial charge is 0.299 e. The zero-order valence-corrected chi connectivity index (χ0v) is 14.7. The second kappa shape index (κ2) is 6.49. The van der Waals surface area contributed by atoms with Crippen LogP contribution in [0.15, 0.2) is 23.1 Å². The van der Waals surface area contributed by atoms with E-state index in [9.17, 15) is 12.8 Å². The number of piperidine rings is 1. The Kier molecular flexibility index (Phi) is 4.76. The monoisotopic (exact) mass is 340 g/mol. The van der Waals surface area contributed by atoms with E-state index in [2.05, 4.69) is 11.8 Å². The lowest BCUT2D eigenvalue weighted by Gasteiger charge is -2.35. The summed E-state index contributed by atoms with van der Waals surface area (Å²) in [5.74, 6) is -0.0816. The van der Waals surface area contributed by atoms with Crippen LogP contribution in [-0.4, -0.2) is 49.8 Å². The molecule has 0 amide bonds. The molecule has 1 aromatic rings. The number of halogens is 1. The summed E-state index contributed by atoms with van der Waals surface area (Å²) in [6.45, 7) is 6.87. The van der Waals surface area contributed by atoms with Gasteiger partial charge in [0.15, 0.2) is 0 Å². The van der Waals surface area contributed by atoms with E-state index in [1.54, 1.807) is 11.2 Å². The van der Waals surface area contributed by atoms with Crippen LogP contribution in [0.25, 0.3) is 0 Å². The summed E-state index contributed by atoms with van der Waals surface area (Å²) in [7, 11) is -3.62. The van der Waals surface area contributed by atoms with Crippen LogP contribution < -0.4 is 0 Å². The first-order valence-electron chi connectivity index (χ1n) is 8.42. The standard InChI is InChI=1S/C17H25FN2O2S/c1-3-8-19-10-14-5-6-15(19)12-20(11-14)23(21,22)16-7-4-13(2)17(18)9-16/h4,7,9,14-15H,3,5-6,8,10-12H2,1-2H3/t14-,15-/m0/s1. The zero-order valence-electron chi connectivity index (χ0n) is 13.8. The molecule has 0 radical (unpaired) electrons. The van der Waals surface area contributed by atoms with Gasteiger partial charge in [0, 0.05) is 25.7 Å². The van der Waals surface area contributed by atoms with Crippen LogP contribution in [0.5, 0.6) is 0 Å². The molecule has 0 aromatic heterocycles. The number of sulfonamides is 1. The van der Waals surface area contributed by atoms with E-state index < -0.39 is 15.8 Å². The Balaban J connectivity index is 1.87. The lowest BCUT2D eigenvalue weighted by atomic mass is 9.95. The highest BCUT2D eigenvalue weighted by molar-refractivity contribution is 7.89. The Morgan fingerprint density at radius 3 is 2.70 bits per heavy atom. The maximum absolute atomic E-state index is 13.8. The van der Waals surface area contributed by atoms with Crippen LogP contribution in [0.2, 0.25) is 0 Å². The molecule has 0 saturated carbocycles. The van der Waals surface area contributed by atoms with Crippen molar-refractivity contribution in [2.24, 2.45) is 5.92 Å². The third-order valence-electron chi connectivity index (χ3n) is 5.09. The van der Waals surface area contributed by atoms with Crippen LogP contribution in [0.1, 0.15) is 31.7 Å². The van der Waals surface area contributed by atoms with E-state index in [0.717, 1.165) is 38.4 Å². The molecule has 3 aliphatic heterocycles. The van der Waals surface area contributed by atoms with Gasteiger partial charge in [-0.05, 0) is 56.3 Å². The fraction of sp³-hybridized carbons (Fsp3) is 0.647. The average Bonchev–Trinajstić information content (AvgIpc) is 2.82. The van der Waals surface area contributed by atoms with Crippen molar-refractivity contribution in [3.05, 3.63) is 29.6 Å². The van der Waals surface area contributed by atoms with Crippen molar-refractivity contribution < 1.29 is 12.8 Å². The summed E-state index contributed by atoms with van der Waals surface area (Å²) in [5, 5.41) is 0. The summed E-state index contributed by atoms with van der Waals surface area (Å²) < 4.78 is 41.2. The predicted octanol–water partition coefficient (Wildman–Crippen LogP) is 2.63. The van der Waals surface area contributed by atoms with Gasteiger partial charge in [0.1, 0.15) is 5.82 Å². The molecular formula is C17H25FN2O2S. The van der Waals surface area contributed by atoms with Gasteiger partial charge in [0.2, 0.25) is 10.0 Å². The Bertz CT molecular complexity index is 677. The molecule has 3 heterocycles. The van der Waals surface area contributed by atoms with Crippen molar-refractivity contribution in [2.75, 3.05) is 26.2 Å². The smallest absolute Gasteiger partial charge is 0.243 e. The van der Waals surface area contributed by atoms with Gasteiger partial charge in [0.05, 0.1) is 4.90 Å². The summed E-state index contributed by atoms with van der Waals surface area (Å²) in [4.78, 5) is 2.50. The third kappa shape index (κ3) is 3.30. The molecule has 23 heavy (non-hydrogen) atoms. The minimum absolute atomic E-state index is 0.0731. The third-order valence-corrected chi connectivity index (χ3v) is 6.91. The maximum atomic E-state index is 13.8. The van der Waals surface area contributed by atoms with Crippen molar-refractivity contribution in [3.63, 3.8) is 0 Å².